The largest absolute Gasteiger partial charge is 0.345 e. The predicted molar refractivity (Wildman–Crippen MR) is 101 cm³/mol. The summed E-state index contributed by atoms with van der Waals surface area (Å²) in [6.45, 7) is 2.99. The van der Waals surface area contributed by atoms with E-state index in [1.165, 1.54) is 25.7 Å². The molecule has 0 aromatic carbocycles. The van der Waals surface area contributed by atoms with Gasteiger partial charge < -0.3 is 10.6 Å². The first-order valence-electron chi connectivity index (χ1n) is 9.24. The molecule has 3 heterocycles. The molecule has 4 atom stereocenters. The first kappa shape index (κ1) is 20.5. The molecule has 2 aliphatic heterocycles. The van der Waals surface area contributed by atoms with Gasteiger partial charge in [-0.05, 0) is 38.0 Å². The van der Waals surface area contributed by atoms with E-state index in [0.29, 0.717) is 12.0 Å². The Morgan fingerprint density at radius 3 is 2.80 bits per heavy atom. The fraction of sp³-hybridized carbons (Fsp3) is 0.824. The van der Waals surface area contributed by atoms with Gasteiger partial charge >= 0.3 is 0 Å². The van der Waals surface area contributed by atoms with Crippen LogP contribution in [0.25, 0.3) is 0 Å². The Morgan fingerprint density at radius 1 is 1.24 bits per heavy atom. The van der Waals surface area contributed by atoms with Crippen LogP contribution in [0.5, 0.6) is 0 Å². The number of rotatable bonds is 3. The molecule has 1 amide bonds. The highest BCUT2D eigenvalue weighted by atomic mass is 35.5. The first-order chi connectivity index (χ1) is 11.2. The summed E-state index contributed by atoms with van der Waals surface area (Å²) < 4.78 is 1.98. The minimum absolute atomic E-state index is 0. The maximum absolute atomic E-state index is 12.7. The van der Waals surface area contributed by atoms with Crippen LogP contribution < -0.4 is 10.6 Å². The minimum atomic E-state index is -0.0213. The van der Waals surface area contributed by atoms with Crippen LogP contribution in [0.2, 0.25) is 0 Å². The molecule has 2 fully saturated rings. The summed E-state index contributed by atoms with van der Waals surface area (Å²) in [5.41, 5.74) is 0. The number of nitrogens with zero attached hydrogens (tertiary/aromatic N) is 3. The molecule has 0 bridgehead atoms. The van der Waals surface area contributed by atoms with E-state index >= 15 is 0 Å². The highest BCUT2D eigenvalue weighted by molar-refractivity contribution is 5.85. The molecule has 2 N–H and O–H groups in total. The number of carbonyl (C=O) groups is 1. The van der Waals surface area contributed by atoms with Crippen LogP contribution in [0.4, 0.5) is 0 Å². The van der Waals surface area contributed by atoms with Crippen molar-refractivity contribution in [3.63, 3.8) is 0 Å². The molecule has 1 aliphatic carbocycles. The summed E-state index contributed by atoms with van der Waals surface area (Å²) >= 11 is 0. The zero-order valence-electron chi connectivity index (χ0n) is 14.7. The van der Waals surface area contributed by atoms with Gasteiger partial charge in [0.15, 0.2) is 5.82 Å². The zero-order valence-corrected chi connectivity index (χ0v) is 16.4. The molecule has 1 aromatic rings. The van der Waals surface area contributed by atoms with Crippen LogP contribution in [-0.4, -0.2) is 32.8 Å². The monoisotopic (exact) mass is 389 g/mol. The Balaban J connectivity index is 0.00000113. The van der Waals surface area contributed by atoms with Crippen LogP contribution in [0.15, 0.2) is 0 Å². The highest BCUT2D eigenvalue weighted by Gasteiger charge is 2.39. The Morgan fingerprint density at radius 2 is 2.04 bits per heavy atom. The van der Waals surface area contributed by atoms with E-state index in [0.717, 1.165) is 43.9 Å². The average Bonchev–Trinajstić information content (AvgIpc) is 3.19. The molecular formula is C17H29Cl2N5O. The summed E-state index contributed by atoms with van der Waals surface area (Å²) in [7, 11) is 0. The van der Waals surface area contributed by atoms with E-state index in [9.17, 15) is 4.79 Å². The Labute approximate surface area is 161 Å². The molecule has 25 heavy (non-hydrogen) atoms. The predicted octanol–water partition coefficient (Wildman–Crippen LogP) is 2.56. The lowest BCUT2D eigenvalue weighted by molar-refractivity contribution is -0.123. The number of carbonyl (C=O) groups excluding carboxylic acids is 1. The lowest BCUT2D eigenvalue weighted by Gasteiger charge is -2.25. The number of hydrogen-bond acceptors (Lipinski definition) is 4. The van der Waals surface area contributed by atoms with Crippen LogP contribution in [-0.2, 0) is 17.8 Å². The standard InChI is InChI=1S/C17H27N5O.2ClH/c1-2-15-20-16-13(8-5-9-22(16)21-15)19-17(23)14-10-11-6-3-4-7-12(11)18-14;;/h11-14,18H,2-10H2,1H3,(H,19,23);2*1H. The van der Waals surface area contributed by atoms with E-state index in [1.54, 1.807) is 0 Å². The second kappa shape index (κ2) is 8.69. The van der Waals surface area contributed by atoms with Crippen molar-refractivity contribution in [2.45, 2.75) is 83.0 Å². The van der Waals surface area contributed by atoms with Crippen molar-refractivity contribution in [1.82, 2.24) is 25.4 Å². The number of amides is 1. The van der Waals surface area contributed by atoms with Crippen LogP contribution in [0.1, 0.15) is 69.6 Å². The Bertz CT molecular complexity index is 580. The molecular weight excluding hydrogens is 361 g/mol. The van der Waals surface area contributed by atoms with Gasteiger partial charge in [0, 0.05) is 19.0 Å². The zero-order chi connectivity index (χ0) is 15.8. The minimum Gasteiger partial charge on any atom is -0.345 e. The van der Waals surface area contributed by atoms with Gasteiger partial charge in [0.05, 0.1) is 12.1 Å². The average molecular weight is 390 g/mol. The molecule has 0 spiro atoms. The van der Waals surface area contributed by atoms with Gasteiger partial charge in [0.25, 0.3) is 0 Å². The van der Waals surface area contributed by atoms with Gasteiger partial charge in [-0.15, -0.1) is 24.8 Å². The van der Waals surface area contributed by atoms with E-state index < -0.39 is 0 Å². The lowest BCUT2D eigenvalue weighted by Crippen LogP contribution is -2.45. The van der Waals surface area contributed by atoms with Gasteiger partial charge in [-0.3, -0.25) is 4.79 Å². The third-order valence-corrected chi connectivity index (χ3v) is 5.73. The number of fused-ring (bicyclic) bond motifs is 2. The SMILES string of the molecule is CCc1nc2n(n1)CCCC2NC(=O)C1CC2CCCCC2N1.Cl.Cl. The normalized spacial score (nSPS) is 30.4. The van der Waals surface area contributed by atoms with Crippen molar-refractivity contribution < 1.29 is 4.79 Å². The quantitative estimate of drug-likeness (QED) is 0.832. The lowest BCUT2D eigenvalue weighted by atomic mass is 9.85. The summed E-state index contributed by atoms with van der Waals surface area (Å²) in [6.07, 6.45) is 8.98. The molecule has 1 saturated heterocycles. The van der Waals surface area contributed by atoms with Gasteiger partial charge in [0.1, 0.15) is 5.82 Å². The first-order valence-corrected chi connectivity index (χ1v) is 9.24. The van der Waals surface area contributed by atoms with Gasteiger partial charge in [-0.2, -0.15) is 5.10 Å². The molecule has 1 aromatic heterocycles. The Kier molecular flexibility index (Phi) is 7.11. The fourth-order valence-electron chi connectivity index (χ4n) is 4.48. The van der Waals surface area contributed by atoms with Gasteiger partial charge in [-0.1, -0.05) is 19.8 Å². The van der Waals surface area contributed by atoms with E-state index in [4.69, 9.17) is 0 Å². The smallest absolute Gasteiger partial charge is 0.237 e. The maximum Gasteiger partial charge on any atom is 0.237 e. The van der Waals surface area contributed by atoms with Crippen molar-refractivity contribution in [2.75, 3.05) is 0 Å². The third-order valence-electron chi connectivity index (χ3n) is 5.73. The van der Waals surface area contributed by atoms with E-state index in [1.807, 2.05) is 4.68 Å². The molecule has 0 radical (unpaired) electrons. The second-order valence-electron chi connectivity index (χ2n) is 7.27. The fourth-order valence-corrected chi connectivity index (χ4v) is 4.48. The summed E-state index contributed by atoms with van der Waals surface area (Å²) in [6, 6.07) is 0.557. The van der Waals surface area contributed by atoms with Gasteiger partial charge in [0.2, 0.25) is 5.91 Å². The number of hydrogen-bond donors (Lipinski definition) is 2. The van der Waals surface area contributed by atoms with E-state index in [2.05, 4.69) is 27.6 Å². The highest BCUT2D eigenvalue weighted by Crippen LogP contribution is 2.33. The van der Waals surface area contributed by atoms with Crippen LogP contribution >= 0.6 is 24.8 Å². The van der Waals surface area contributed by atoms with Gasteiger partial charge in [-0.25, -0.2) is 9.67 Å². The van der Waals surface area contributed by atoms with Crippen molar-refractivity contribution in [2.24, 2.45) is 5.92 Å². The molecule has 1 saturated carbocycles. The summed E-state index contributed by atoms with van der Waals surface area (Å²) in [5.74, 6) is 2.67. The van der Waals surface area contributed by atoms with Crippen LogP contribution in [0, 0.1) is 5.92 Å². The summed E-state index contributed by atoms with van der Waals surface area (Å²) in [4.78, 5) is 17.3. The molecule has 4 unspecified atom stereocenters. The molecule has 6 nitrogen and oxygen atoms in total. The Hall–Kier alpha value is -0.850. The van der Waals surface area contributed by atoms with Crippen LogP contribution in [0.3, 0.4) is 0 Å². The topological polar surface area (TPSA) is 71.8 Å². The molecule has 8 heteroatoms. The van der Waals surface area contributed by atoms with Crippen molar-refractivity contribution in [1.29, 1.82) is 0 Å². The van der Waals surface area contributed by atoms with Crippen molar-refractivity contribution in [3.05, 3.63) is 11.6 Å². The summed E-state index contributed by atoms with van der Waals surface area (Å²) in [5, 5.41) is 11.3. The van der Waals surface area contributed by atoms with E-state index in [-0.39, 0.29) is 42.8 Å². The van der Waals surface area contributed by atoms with Crippen molar-refractivity contribution >= 4 is 30.7 Å². The number of halogens is 2. The van der Waals surface area contributed by atoms with Crippen molar-refractivity contribution in [3.8, 4) is 0 Å². The maximum atomic E-state index is 12.7. The molecule has 3 aliphatic rings. The second-order valence-corrected chi connectivity index (χ2v) is 7.27. The molecule has 4 rings (SSSR count). The number of aryl methyl sites for hydroxylation is 2. The number of nitrogens with one attached hydrogen (secondary N) is 2. The third kappa shape index (κ3) is 4.12. The molecule has 142 valence electrons. The number of aromatic nitrogens is 3.